The van der Waals surface area contributed by atoms with E-state index in [-0.39, 0.29) is 5.91 Å². The summed E-state index contributed by atoms with van der Waals surface area (Å²) in [6.07, 6.45) is 4.72. The number of amides is 1. The summed E-state index contributed by atoms with van der Waals surface area (Å²) >= 11 is 0. The van der Waals surface area contributed by atoms with Gasteiger partial charge in [-0.3, -0.25) is 9.69 Å². The number of nitriles is 1. The number of nitrogens with zero attached hydrogens (tertiary/aromatic N) is 5. The molecule has 5 rings (SSSR count). The van der Waals surface area contributed by atoms with Crippen LogP contribution in [0.25, 0.3) is 11.1 Å². The largest absolute Gasteiger partial charge is 0.337 e. The highest BCUT2D eigenvalue weighted by atomic mass is 16.2. The SMILES string of the molecule is N#Cc1ccc(Cn2cncc2CN2CCCN(C(=O)c3cccc(-c4ccccc4)c3)CC2)cc1. The molecule has 1 fully saturated rings. The van der Waals surface area contributed by atoms with Crippen LogP contribution in [0.3, 0.4) is 0 Å². The number of carbonyl (C=O) groups is 1. The Morgan fingerprint density at radius 2 is 1.67 bits per heavy atom. The summed E-state index contributed by atoms with van der Waals surface area (Å²) in [7, 11) is 0. The molecule has 0 aliphatic carbocycles. The van der Waals surface area contributed by atoms with Gasteiger partial charge in [-0.2, -0.15) is 5.26 Å². The summed E-state index contributed by atoms with van der Waals surface area (Å²) < 4.78 is 2.16. The first-order valence-electron chi connectivity index (χ1n) is 12.3. The monoisotopic (exact) mass is 475 g/mol. The van der Waals surface area contributed by atoms with Crippen LogP contribution in [0.4, 0.5) is 0 Å². The zero-order chi connectivity index (χ0) is 24.7. The van der Waals surface area contributed by atoms with Gasteiger partial charge >= 0.3 is 0 Å². The van der Waals surface area contributed by atoms with E-state index in [1.807, 2.05) is 78.1 Å². The highest BCUT2D eigenvalue weighted by Gasteiger charge is 2.21. The first-order valence-corrected chi connectivity index (χ1v) is 12.3. The Kier molecular flexibility index (Phi) is 7.20. The Hall–Kier alpha value is -4.21. The zero-order valence-corrected chi connectivity index (χ0v) is 20.3. The molecule has 1 aliphatic heterocycles. The highest BCUT2D eigenvalue weighted by Crippen LogP contribution is 2.21. The number of rotatable bonds is 6. The standard InChI is InChI=1S/C30H29N5O/c31-19-24-10-12-25(13-11-24)21-35-23-32-20-29(35)22-33-14-5-15-34(17-16-33)30(36)28-9-4-8-27(18-28)26-6-2-1-3-7-26/h1-4,6-13,18,20,23H,5,14-17,21-22H2. The lowest BCUT2D eigenvalue weighted by Crippen LogP contribution is -2.35. The van der Waals surface area contributed by atoms with Crippen molar-refractivity contribution in [2.24, 2.45) is 0 Å². The number of carbonyl (C=O) groups excluding carboxylic acids is 1. The van der Waals surface area contributed by atoms with Gasteiger partial charge in [0.25, 0.3) is 5.91 Å². The van der Waals surface area contributed by atoms with E-state index in [1.54, 1.807) is 0 Å². The van der Waals surface area contributed by atoms with Crippen LogP contribution in [-0.2, 0) is 13.1 Å². The van der Waals surface area contributed by atoms with Crippen molar-refractivity contribution in [2.45, 2.75) is 19.5 Å². The molecule has 0 spiro atoms. The maximum Gasteiger partial charge on any atom is 0.253 e. The lowest BCUT2D eigenvalue weighted by atomic mass is 10.0. The van der Waals surface area contributed by atoms with Gasteiger partial charge in [-0.25, -0.2) is 4.98 Å². The molecule has 6 heteroatoms. The normalized spacial score (nSPS) is 14.2. The summed E-state index contributed by atoms with van der Waals surface area (Å²) in [5, 5.41) is 9.02. The van der Waals surface area contributed by atoms with Crippen molar-refractivity contribution >= 4 is 5.91 Å². The second kappa shape index (κ2) is 11.0. The molecule has 3 aromatic carbocycles. The van der Waals surface area contributed by atoms with Gasteiger partial charge in [-0.15, -0.1) is 0 Å². The molecule has 0 unspecified atom stereocenters. The topological polar surface area (TPSA) is 65.2 Å². The van der Waals surface area contributed by atoms with Crippen LogP contribution in [0, 0.1) is 11.3 Å². The molecule has 0 saturated carbocycles. The van der Waals surface area contributed by atoms with Crippen LogP contribution in [0.15, 0.2) is 91.4 Å². The van der Waals surface area contributed by atoms with Crippen LogP contribution >= 0.6 is 0 Å². The van der Waals surface area contributed by atoms with E-state index in [4.69, 9.17) is 5.26 Å². The molecule has 1 saturated heterocycles. The molecule has 180 valence electrons. The molecule has 0 atom stereocenters. The van der Waals surface area contributed by atoms with E-state index in [1.165, 1.54) is 0 Å². The van der Waals surface area contributed by atoms with Crippen molar-refractivity contribution in [2.75, 3.05) is 26.2 Å². The van der Waals surface area contributed by atoms with Gasteiger partial charge in [0.15, 0.2) is 0 Å². The van der Waals surface area contributed by atoms with Gasteiger partial charge in [-0.1, -0.05) is 54.6 Å². The van der Waals surface area contributed by atoms with Crippen LogP contribution < -0.4 is 0 Å². The average molecular weight is 476 g/mol. The molecular formula is C30H29N5O. The fourth-order valence-corrected chi connectivity index (χ4v) is 4.71. The Balaban J connectivity index is 1.21. The molecule has 6 nitrogen and oxygen atoms in total. The van der Waals surface area contributed by atoms with Crippen molar-refractivity contribution in [3.05, 3.63) is 114 Å². The molecule has 1 aliphatic rings. The Morgan fingerprint density at radius 1 is 0.861 bits per heavy atom. The second-order valence-electron chi connectivity index (χ2n) is 9.19. The Morgan fingerprint density at radius 3 is 2.47 bits per heavy atom. The molecule has 1 aromatic heterocycles. The predicted molar refractivity (Wildman–Crippen MR) is 140 cm³/mol. The molecule has 0 bridgehead atoms. The molecule has 2 heterocycles. The summed E-state index contributed by atoms with van der Waals surface area (Å²) in [6, 6.07) is 28.0. The van der Waals surface area contributed by atoms with E-state index in [0.717, 1.165) is 67.1 Å². The molecule has 1 amide bonds. The first kappa shape index (κ1) is 23.5. The maximum absolute atomic E-state index is 13.3. The van der Waals surface area contributed by atoms with Crippen LogP contribution in [0.2, 0.25) is 0 Å². The molecule has 0 N–H and O–H groups in total. The van der Waals surface area contributed by atoms with Crippen molar-refractivity contribution in [1.29, 1.82) is 5.26 Å². The number of benzene rings is 3. The smallest absolute Gasteiger partial charge is 0.253 e. The molecular weight excluding hydrogens is 446 g/mol. The van der Waals surface area contributed by atoms with E-state index in [9.17, 15) is 4.79 Å². The van der Waals surface area contributed by atoms with Gasteiger partial charge < -0.3 is 9.47 Å². The summed E-state index contributed by atoms with van der Waals surface area (Å²) in [6.45, 7) is 4.74. The summed E-state index contributed by atoms with van der Waals surface area (Å²) in [4.78, 5) is 22.1. The minimum Gasteiger partial charge on any atom is -0.337 e. The fraction of sp³-hybridized carbons (Fsp3) is 0.233. The highest BCUT2D eigenvalue weighted by molar-refractivity contribution is 5.95. The Labute approximate surface area is 212 Å². The van der Waals surface area contributed by atoms with E-state index in [2.05, 4.69) is 38.7 Å². The van der Waals surface area contributed by atoms with E-state index in [0.29, 0.717) is 12.1 Å². The summed E-state index contributed by atoms with van der Waals surface area (Å²) in [5.74, 6) is 0.0977. The Bertz CT molecular complexity index is 1350. The van der Waals surface area contributed by atoms with Gasteiger partial charge in [0.2, 0.25) is 0 Å². The fourth-order valence-electron chi connectivity index (χ4n) is 4.71. The van der Waals surface area contributed by atoms with Gasteiger partial charge in [-0.05, 0) is 47.4 Å². The minimum absolute atomic E-state index is 0.0977. The lowest BCUT2D eigenvalue weighted by Gasteiger charge is -2.22. The minimum atomic E-state index is 0.0977. The van der Waals surface area contributed by atoms with Crippen LogP contribution in [0.1, 0.15) is 33.6 Å². The van der Waals surface area contributed by atoms with Gasteiger partial charge in [0.1, 0.15) is 0 Å². The number of aromatic nitrogens is 2. The van der Waals surface area contributed by atoms with E-state index < -0.39 is 0 Å². The quantitative estimate of drug-likeness (QED) is 0.401. The third kappa shape index (κ3) is 5.54. The van der Waals surface area contributed by atoms with Gasteiger partial charge in [0.05, 0.1) is 23.7 Å². The lowest BCUT2D eigenvalue weighted by molar-refractivity contribution is 0.0761. The van der Waals surface area contributed by atoms with Gasteiger partial charge in [0, 0.05) is 51.0 Å². The van der Waals surface area contributed by atoms with Crippen molar-refractivity contribution in [1.82, 2.24) is 19.4 Å². The zero-order valence-electron chi connectivity index (χ0n) is 20.3. The van der Waals surface area contributed by atoms with Crippen LogP contribution in [0.5, 0.6) is 0 Å². The number of hydrogen-bond acceptors (Lipinski definition) is 4. The molecule has 36 heavy (non-hydrogen) atoms. The molecule has 4 aromatic rings. The second-order valence-corrected chi connectivity index (χ2v) is 9.19. The first-order chi connectivity index (χ1) is 17.7. The van der Waals surface area contributed by atoms with Crippen molar-refractivity contribution < 1.29 is 4.79 Å². The predicted octanol–water partition coefficient (Wildman–Crippen LogP) is 4.82. The number of imidazole rings is 1. The average Bonchev–Trinajstić information content (AvgIpc) is 3.22. The van der Waals surface area contributed by atoms with E-state index >= 15 is 0 Å². The van der Waals surface area contributed by atoms with Crippen molar-refractivity contribution in [3.8, 4) is 17.2 Å². The molecule has 0 radical (unpaired) electrons. The van der Waals surface area contributed by atoms with Crippen LogP contribution in [-0.4, -0.2) is 51.4 Å². The number of hydrogen-bond donors (Lipinski definition) is 0. The third-order valence-corrected chi connectivity index (χ3v) is 6.71. The maximum atomic E-state index is 13.3. The van der Waals surface area contributed by atoms with Crippen molar-refractivity contribution in [3.63, 3.8) is 0 Å². The third-order valence-electron chi connectivity index (χ3n) is 6.71. The summed E-state index contributed by atoms with van der Waals surface area (Å²) in [5.41, 5.74) is 5.87.